The standard InChI is InChI=1S/C27H28F3N9O/c1-17-3-4-18(11-24(17)39-16-23(35-36-39)20-13-32-26(31)33-14-20)25(40)34-21-6-5-19(22(12-21)27(28,29)30)15-38-9-7-37(2)8-10-38/h3-6,11-14,16H,7-10,15H2,1-2H3,(H,34,40)(H2,31,32,33). The number of nitrogens with two attached hydrogens (primary N) is 1. The number of aromatic nitrogens is 5. The molecule has 1 fully saturated rings. The first-order valence-corrected chi connectivity index (χ1v) is 12.6. The fourth-order valence-electron chi connectivity index (χ4n) is 4.49. The van der Waals surface area contributed by atoms with Gasteiger partial charge in [0.15, 0.2) is 0 Å². The highest BCUT2D eigenvalue weighted by Crippen LogP contribution is 2.35. The summed E-state index contributed by atoms with van der Waals surface area (Å²) < 4.78 is 43.4. The highest BCUT2D eigenvalue weighted by Gasteiger charge is 2.34. The maximum absolute atomic E-state index is 14.0. The van der Waals surface area contributed by atoms with Crippen molar-refractivity contribution in [2.45, 2.75) is 19.6 Å². The number of anilines is 2. The van der Waals surface area contributed by atoms with Gasteiger partial charge in [-0.25, -0.2) is 14.6 Å². The maximum Gasteiger partial charge on any atom is 0.416 e. The van der Waals surface area contributed by atoms with Crippen LogP contribution in [0.3, 0.4) is 0 Å². The second-order valence-electron chi connectivity index (χ2n) is 9.78. The number of nitrogen functional groups attached to an aromatic ring is 1. The Morgan fingerprint density at radius 1 is 1.05 bits per heavy atom. The average Bonchev–Trinajstić information content (AvgIpc) is 3.41. The van der Waals surface area contributed by atoms with Gasteiger partial charge in [-0.1, -0.05) is 17.3 Å². The molecule has 0 aliphatic carbocycles. The Bertz CT molecular complexity index is 1510. The lowest BCUT2D eigenvalue weighted by atomic mass is 10.0. The molecule has 40 heavy (non-hydrogen) atoms. The van der Waals surface area contributed by atoms with Gasteiger partial charge in [0.1, 0.15) is 5.69 Å². The number of carbonyl (C=O) groups excluding carboxylic acids is 1. The van der Waals surface area contributed by atoms with Gasteiger partial charge < -0.3 is 16.0 Å². The number of likely N-dealkylation sites (N-methyl/N-ethyl adjacent to an activating group) is 1. The number of alkyl halides is 3. The van der Waals surface area contributed by atoms with Gasteiger partial charge in [0.2, 0.25) is 5.95 Å². The molecular weight excluding hydrogens is 523 g/mol. The number of benzene rings is 2. The van der Waals surface area contributed by atoms with E-state index < -0.39 is 17.6 Å². The Morgan fingerprint density at radius 2 is 1.77 bits per heavy atom. The zero-order valence-electron chi connectivity index (χ0n) is 22.0. The molecule has 1 aliphatic heterocycles. The minimum Gasteiger partial charge on any atom is -0.368 e. The zero-order chi connectivity index (χ0) is 28.4. The summed E-state index contributed by atoms with van der Waals surface area (Å²) in [5, 5.41) is 10.9. The van der Waals surface area contributed by atoms with Crippen LogP contribution in [0.15, 0.2) is 55.0 Å². The minimum absolute atomic E-state index is 0.0629. The van der Waals surface area contributed by atoms with Crippen LogP contribution in [0, 0.1) is 6.92 Å². The fourth-order valence-corrected chi connectivity index (χ4v) is 4.49. The van der Waals surface area contributed by atoms with Crippen molar-refractivity contribution in [2.24, 2.45) is 0 Å². The topological polar surface area (TPSA) is 118 Å². The number of amides is 1. The molecule has 0 radical (unpaired) electrons. The average molecular weight is 552 g/mol. The summed E-state index contributed by atoms with van der Waals surface area (Å²) in [4.78, 5) is 25.1. The minimum atomic E-state index is -4.56. The highest BCUT2D eigenvalue weighted by atomic mass is 19.4. The van der Waals surface area contributed by atoms with Gasteiger partial charge in [0.05, 0.1) is 17.4 Å². The summed E-state index contributed by atoms with van der Waals surface area (Å²) in [5.41, 5.74) is 7.80. The summed E-state index contributed by atoms with van der Waals surface area (Å²) in [5.74, 6) is -0.411. The van der Waals surface area contributed by atoms with Gasteiger partial charge in [0.25, 0.3) is 5.91 Å². The molecule has 5 rings (SSSR count). The lowest BCUT2D eigenvalue weighted by Gasteiger charge is -2.33. The Labute approximate surface area is 228 Å². The number of rotatable bonds is 6. The van der Waals surface area contributed by atoms with E-state index in [1.165, 1.54) is 29.2 Å². The number of carbonyl (C=O) groups is 1. The molecule has 13 heteroatoms. The fraction of sp³-hybridized carbons (Fsp3) is 0.296. The summed E-state index contributed by atoms with van der Waals surface area (Å²) in [6, 6.07) is 8.89. The van der Waals surface area contributed by atoms with Crippen LogP contribution in [0.4, 0.5) is 24.8 Å². The van der Waals surface area contributed by atoms with E-state index in [0.29, 0.717) is 30.0 Å². The molecule has 0 saturated carbocycles. The molecule has 4 aromatic rings. The van der Waals surface area contributed by atoms with Crippen LogP contribution in [0.5, 0.6) is 0 Å². The normalized spacial score (nSPS) is 14.8. The summed E-state index contributed by atoms with van der Waals surface area (Å²) in [6.45, 7) is 5.05. The molecule has 10 nitrogen and oxygen atoms in total. The highest BCUT2D eigenvalue weighted by molar-refractivity contribution is 6.04. The number of nitrogens with one attached hydrogen (secondary N) is 1. The van der Waals surface area contributed by atoms with Crippen LogP contribution in [-0.4, -0.2) is 73.9 Å². The molecule has 0 bridgehead atoms. The zero-order valence-corrected chi connectivity index (χ0v) is 22.0. The van der Waals surface area contributed by atoms with Crippen molar-refractivity contribution >= 4 is 17.5 Å². The van der Waals surface area contributed by atoms with Gasteiger partial charge >= 0.3 is 6.18 Å². The first-order valence-electron chi connectivity index (χ1n) is 12.6. The van der Waals surface area contributed by atoms with Gasteiger partial charge in [-0.2, -0.15) is 13.2 Å². The lowest BCUT2D eigenvalue weighted by molar-refractivity contribution is -0.138. The molecule has 1 amide bonds. The quantitative estimate of drug-likeness (QED) is 0.373. The largest absolute Gasteiger partial charge is 0.416 e. The lowest BCUT2D eigenvalue weighted by Crippen LogP contribution is -2.44. The van der Waals surface area contributed by atoms with Crippen LogP contribution in [-0.2, 0) is 12.7 Å². The van der Waals surface area contributed by atoms with Crippen molar-refractivity contribution in [1.29, 1.82) is 0 Å². The van der Waals surface area contributed by atoms with Crippen LogP contribution >= 0.6 is 0 Å². The summed E-state index contributed by atoms with van der Waals surface area (Å²) in [6.07, 6.45) is 0.158. The van der Waals surface area contributed by atoms with Crippen molar-refractivity contribution in [3.05, 3.63) is 77.2 Å². The Hall–Kier alpha value is -4.36. The monoisotopic (exact) mass is 551 g/mol. The second-order valence-corrected chi connectivity index (χ2v) is 9.78. The first kappa shape index (κ1) is 27.2. The number of halogens is 3. The van der Waals surface area contributed by atoms with Crippen LogP contribution in [0.25, 0.3) is 16.9 Å². The third kappa shape index (κ3) is 6.10. The van der Waals surface area contributed by atoms with E-state index in [-0.39, 0.29) is 29.3 Å². The van der Waals surface area contributed by atoms with E-state index >= 15 is 0 Å². The molecule has 208 valence electrons. The summed E-state index contributed by atoms with van der Waals surface area (Å²) >= 11 is 0. The molecule has 0 unspecified atom stereocenters. The molecule has 3 N–H and O–H groups in total. The molecule has 1 aliphatic rings. The molecule has 2 aromatic heterocycles. The molecule has 3 heterocycles. The van der Waals surface area contributed by atoms with E-state index in [1.807, 2.05) is 18.9 Å². The second kappa shape index (κ2) is 11.0. The number of piperazine rings is 1. The van der Waals surface area contributed by atoms with Crippen molar-refractivity contribution in [1.82, 2.24) is 34.8 Å². The van der Waals surface area contributed by atoms with Crippen molar-refractivity contribution < 1.29 is 18.0 Å². The van der Waals surface area contributed by atoms with Gasteiger partial charge in [-0.3, -0.25) is 9.69 Å². The van der Waals surface area contributed by atoms with Crippen molar-refractivity contribution in [3.63, 3.8) is 0 Å². The Balaban J connectivity index is 1.35. The summed E-state index contributed by atoms with van der Waals surface area (Å²) in [7, 11) is 1.99. The van der Waals surface area contributed by atoms with Crippen molar-refractivity contribution in [2.75, 3.05) is 44.3 Å². The molecule has 0 spiro atoms. The molecular formula is C27H28F3N9O. The van der Waals surface area contributed by atoms with E-state index in [0.717, 1.165) is 24.7 Å². The first-order chi connectivity index (χ1) is 19.1. The smallest absolute Gasteiger partial charge is 0.368 e. The maximum atomic E-state index is 14.0. The third-order valence-corrected chi connectivity index (χ3v) is 6.84. The number of aryl methyl sites for hydroxylation is 1. The van der Waals surface area contributed by atoms with E-state index in [4.69, 9.17) is 5.73 Å². The van der Waals surface area contributed by atoms with E-state index in [9.17, 15) is 18.0 Å². The Morgan fingerprint density at radius 3 is 2.48 bits per heavy atom. The predicted molar refractivity (Wildman–Crippen MR) is 144 cm³/mol. The number of hydrogen-bond donors (Lipinski definition) is 2. The van der Waals surface area contributed by atoms with Gasteiger partial charge in [0, 0.05) is 61.9 Å². The SMILES string of the molecule is Cc1ccc(C(=O)Nc2ccc(CN3CCN(C)CC3)c(C(F)(F)F)c2)cc1-n1cc(-c2cnc(N)nc2)nn1. The molecule has 2 aromatic carbocycles. The van der Waals surface area contributed by atoms with E-state index in [1.54, 1.807) is 24.4 Å². The van der Waals surface area contributed by atoms with Crippen LogP contribution in [0.1, 0.15) is 27.0 Å². The van der Waals surface area contributed by atoms with Crippen molar-refractivity contribution in [3.8, 4) is 16.9 Å². The molecule has 0 atom stereocenters. The van der Waals surface area contributed by atoms with E-state index in [2.05, 4.69) is 30.5 Å². The van der Waals surface area contributed by atoms with Gasteiger partial charge in [-0.05, 0) is 49.4 Å². The van der Waals surface area contributed by atoms with Gasteiger partial charge in [-0.15, -0.1) is 5.10 Å². The third-order valence-electron chi connectivity index (χ3n) is 6.84. The molecule has 1 saturated heterocycles. The van der Waals surface area contributed by atoms with Crippen LogP contribution in [0.2, 0.25) is 0 Å². The van der Waals surface area contributed by atoms with Crippen LogP contribution < -0.4 is 11.1 Å². The Kier molecular flexibility index (Phi) is 7.50. The predicted octanol–water partition coefficient (Wildman–Crippen LogP) is 3.63. The number of nitrogens with zero attached hydrogens (tertiary/aromatic N) is 7. The number of hydrogen-bond acceptors (Lipinski definition) is 8.